The molecule has 0 spiro atoms. The molecule has 0 bridgehead atoms. The Balaban J connectivity index is 1.87. The molecule has 1 N–H and O–H groups in total. The maximum absolute atomic E-state index is 13.4. The first kappa shape index (κ1) is 19.2. The maximum Gasteiger partial charge on any atom is 0.273 e. The molecule has 2 aromatic carbocycles. The Morgan fingerprint density at radius 2 is 1.93 bits per heavy atom. The summed E-state index contributed by atoms with van der Waals surface area (Å²) in [4.78, 5) is 23.3. The van der Waals surface area contributed by atoms with Crippen molar-refractivity contribution in [3.63, 3.8) is 0 Å². The van der Waals surface area contributed by atoms with Crippen molar-refractivity contribution in [2.24, 2.45) is 0 Å². The zero-order chi connectivity index (χ0) is 20.4. The number of benzene rings is 2. The van der Waals surface area contributed by atoms with Crippen LogP contribution in [-0.2, 0) is 6.54 Å². The molecule has 0 saturated carbocycles. The SMILES string of the molecule is Cc1nn(Cc2cccc(F)c2)c(C)c1NC(=O)c1cccc([N+](=O)[O-])c1C. The number of nitro groups is 1. The minimum Gasteiger partial charge on any atom is -0.319 e. The molecular formula is C20H19FN4O3. The van der Waals surface area contributed by atoms with Gasteiger partial charge >= 0.3 is 0 Å². The lowest BCUT2D eigenvalue weighted by Gasteiger charge is -2.09. The monoisotopic (exact) mass is 382 g/mol. The predicted molar refractivity (Wildman–Crippen MR) is 103 cm³/mol. The van der Waals surface area contributed by atoms with Crippen LogP contribution in [0.15, 0.2) is 42.5 Å². The second-order valence-corrected chi connectivity index (χ2v) is 6.49. The van der Waals surface area contributed by atoms with Crippen LogP contribution in [0.3, 0.4) is 0 Å². The molecule has 7 nitrogen and oxygen atoms in total. The van der Waals surface area contributed by atoms with Gasteiger partial charge in [-0.3, -0.25) is 19.6 Å². The molecule has 0 aliphatic carbocycles. The van der Waals surface area contributed by atoms with E-state index in [4.69, 9.17) is 0 Å². The van der Waals surface area contributed by atoms with Crippen LogP contribution >= 0.6 is 0 Å². The molecule has 8 heteroatoms. The number of hydrogen-bond donors (Lipinski definition) is 1. The van der Waals surface area contributed by atoms with Gasteiger partial charge in [-0.05, 0) is 44.5 Å². The summed E-state index contributed by atoms with van der Waals surface area (Å²) in [5.74, 6) is -0.772. The number of rotatable bonds is 5. The van der Waals surface area contributed by atoms with E-state index in [1.807, 2.05) is 0 Å². The Kier molecular flexibility index (Phi) is 5.21. The number of amides is 1. The molecule has 0 atom stereocenters. The lowest BCUT2D eigenvalue weighted by molar-refractivity contribution is -0.385. The summed E-state index contributed by atoms with van der Waals surface area (Å²) in [6.07, 6.45) is 0. The van der Waals surface area contributed by atoms with Crippen molar-refractivity contribution in [3.8, 4) is 0 Å². The first-order valence-corrected chi connectivity index (χ1v) is 8.61. The van der Waals surface area contributed by atoms with E-state index >= 15 is 0 Å². The molecule has 0 unspecified atom stereocenters. The van der Waals surface area contributed by atoms with E-state index in [9.17, 15) is 19.3 Å². The van der Waals surface area contributed by atoms with Gasteiger partial charge in [0.25, 0.3) is 11.6 Å². The molecular weight excluding hydrogens is 363 g/mol. The molecule has 0 radical (unpaired) electrons. The third kappa shape index (κ3) is 3.75. The zero-order valence-electron chi connectivity index (χ0n) is 15.7. The van der Waals surface area contributed by atoms with Gasteiger partial charge in [0.2, 0.25) is 0 Å². The highest BCUT2D eigenvalue weighted by molar-refractivity contribution is 6.06. The van der Waals surface area contributed by atoms with E-state index in [-0.39, 0.29) is 17.1 Å². The first-order valence-electron chi connectivity index (χ1n) is 8.61. The summed E-state index contributed by atoms with van der Waals surface area (Å²) in [7, 11) is 0. The molecule has 0 aliphatic heterocycles. The number of nitro benzene ring substituents is 1. The fraction of sp³-hybridized carbons (Fsp3) is 0.200. The summed E-state index contributed by atoms with van der Waals surface area (Å²) >= 11 is 0. The van der Waals surface area contributed by atoms with Crippen LogP contribution in [0, 0.1) is 36.7 Å². The second-order valence-electron chi connectivity index (χ2n) is 6.49. The van der Waals surface area contributed by atoms with Crippen LogP contribution in [0.25, 0.3) is 0 Å². The van der Waals surface area contributed by atoms with Crippen molar-refractivity contribution >= 4 is 17.3 Å². The molecule has 0 fully saturated rings. The normalized spacial score (nSPS) is 10.7. The van der Waals surface area contributed by atoms with Crippen LogP contribution in [0.2, 0.25) is 0 Å². The number of anilines is 1. The number of halogens is 1. The highest BCUT2D eigenvalue weighted by Crippen LogP contribution is 2.25. The van der Waals surface area contributed by atoms with Crippen LogP contribution in [-0.4, -0.2) is 20.6 Å². The Morgan fingerprint density at radius 1 is 1.21 bits per heavy atom. The molecule has 144 valence electrons. The summed E-state index contributed by atoms with van der Waals surface area (Å²) in [6.45, 7) is 5.45. The van der Waals surface area contributed by atoms with Crippen molar-refractivity contribution in [2.75, 3.05) is 5.32 Å². The largest absolute Gasteiger partial charge is 0.319 e. The van der Waals surface area contributed by atoms with E-state index in [1.54, 1.807) is 43.7 Å². The Hall–Kier alpha value is -3.55. The summed E-state index contributed by atoms with van der Waals surface area (Å²) in [6, 6.07) is 10.6. The van der Waals surface area contributed by atoms with Crippen molar-refractivity contribution in [3.05, 3.63) is 86.5 Å². The smallest absolute Gasteiger partial charge is 0.273 e. The third-order valence-electron chi connectivity index (χ3n) is 4.59. The summed E-state index contributed by atoms with van der Waals surface area (Å²) < 4.78 is 15.1. The topological polar surface area (TPSA) is 90.1 Å². The fourth-order valence-electron chi connectivity index (χ4n) is 3.09. The number of nitrogens with one attached hydrogen (secondary N) is 1. The van der Waals surface area contributed by atoms with Crippen LogP contribution < -0.4 is 5.32 Å². The molecule has 1 aromatic heterocycles. The number of aromatic nitrogens is 2. The standard InChI is InChI=1S/C20H19FN4O3/c1-12-17(8-5-9-18(12)25(27)28)20(26)22-19-13(2)23-24(14(19)3)11-15-6-4-7-16(21)10-15/h4-10H,11H2,1-3H3,(H,22,26). The van der Waals surface area contributed by atoms with Crippen LogP contribution in [0.1, 0.15) is 32.9 Å². The number of carbonyl (C=O) groups is 1. The summed E-state index contributed by atoms with van der Waals surface area (Å²) in [5, 5.41) is 18.3. The van der Waals surface area contributed by atoms with E-state index in [0.717, 1.165) is 5.56 Å². The molecule has 28 heavy (non-hydrogen) atoms. The number of aryl methyl sites for hydroxylation is 1. The van der Waals surface area contributed by atoms with Gasteiger partial charge in [-0.1, -0.05) is 18.2 Å². The second kappa shape index (κ2) is 7.59. The van der Waals surface area contributed by atoms with Gasteiger partial charge in [-0.25, -0.2) is 4.39 Å². The number of carbonyl (C=O) groups excluding carboxylic acids is 1. The Labute approximate surface area is 161 Å². The first-order chi connectivity index (χ1) is 13.3. The van der Waals surface area contributed by atoms with Gasteiger partial charge in [-0.15, -0.1) is 0 Å². The maximum atomic E-state index is 13.4. The van der Waals surface area contributed by atoms with Gasteiger partial charge in [0.1, 0.15) is 5.82 Å². The Bertz CT molecular complexity index is 1080. The third-order valence-corrected chi connectivity index (χ3v) is 4.59. The van der Waals surface area contributed by atoms with E-state index in [2.05, 4.69) is 10.4 Å². The van der Waals surface area contributed by atoms with Crippen molar-refractivity contribution in [2.45, 2.75) is 27.3 Å². The molecule has 3 rings (SSSR count). The summed E-state index contributed by atoms with van der Waals surface area (Å²) in [5.41, 5.74) is 3.01. The molecule has 3 aromatic rings. The quantitative estimate of drug-likeness (QED) is 0.530. The molecule has 1 amide bonds. The van der Waals surface area contributed by atoms with Gasteiger partial charge in [0.15, 0.2) is 0 Å². The lowest BCUT2D eigenvalue weighted by atomic mass is 10.1. The zero-order valence-corrected chi connectivity index (χ0v) is 15.7. The van der Waals surface area contributed by atoms with Crippen LogP contribution in [0.4, 0.5) is 15.8 Å². The van der Waals surface area contributed by atoms with Gasteiger partial charge < -0.3 is 5.32 Å². The highest BCUT2D eigenvalue weighted by Gasteiger charge is 2.20. The van der Waals surface area contributed by atoms with E-state index < -0.39 is 10.8 Å². The average molecular weight is 382 g/mol. The van der Waals surface area contributed by atoms with E-state index in [1.165, 1.54) is 24.3 Å². The van der Waals surface area contributed by atoms with Crippen LogP contribution in [0.5, 0.6) is 0 Å². The molecule has 0 aliphatic rings. The van der Waals surface area contributed by atoms with Gasteiger partial charge in [0.05, 0.1) is 28.5 Å². The highest BCUT2D eigenvalue weighted by atomic mass is 19.1. The van der Waals surface area contributed by atoms with E-state index in [0.29, 0.717) is 29.2 Å². The van der Waals surface area contributed by atoms with Crippen molar-refractivity contribution in [1.29, 1.82) is 0 Å². The minimum absolute atomic E-state index is 0.108. The fourth-order valence-corrected chi connectivity index (χ4v) is 3.09. The molecule has 0 saturated heterocycles. The lowest BCUT2D eigenvalue weighted by Crippen LogP contribution is -2.15. The number of hydrogen-bond acceptors (Lipinski definition) is 4. The van der Waals surface area contributed by atoms with Crippen molar-refractivity contribution in [1.82, 2.24) is 9.78 Å². The van der Waals surface area contributed by atoms with Gasteiger partial charge in [0, 0.05) is 17.2 Å². The minimum atomic E-state index is -0.514. The predicted octanol–water partition coefficient (Wildman–Crippen LogP) is 4.16. The van der Waals surface area contributed by atoms with Gasteiger partial charge in [-0.2, -0.15) is 5.10 Å². The number of nitrogens with zero attached hydrogens (tertiary/aromatic N) is 3. The van der Waals surface area contributed by atoms with Crippen molar-refractivity contribution < 1.29 is 14.1 Å². The average Bonchev–Trinajstić information content (AvgIpc) is 2.89. The molecule has 1 heterocycles. The Morgan fingerprint density at radius 3 is 2.61 bits per heavy atom.